The molecule has 0 saturated carbocycles. The van der Waals surface area contributed by atoms with E-state index in [4.69, 9.17) is 0 Å². The van der Waals surface area contributed by atoms with Crippen molar-refractivity contribution in [2.75, 3.05) is 0 Å². The number of urea groups is 1. The fraction of sp³-hybridized carbons (Fsp3) is 0.412. The number of fused-ring (bicyclic) bond motifs is 1. The zero-order valence-electron chi connectivity index (χ0n) is 13.3. The number of benzene rings is 1. The number of amides is 2. The van der Waals surface area contributed by atoms with Crippen LogP contribution in [-0.4, -0.2) is 18.4 Å². The van der Waals surface area contributed by atoms with Crippen LogP contribution in [0.5, 0.6) is 5.75 Å². The summed E-state index contributed by atoms with van der Waals surface area (Å²) in [5, 5.41) is 5.46. The van der Waals surface area contributed by atoms with Gasteiger partial charge in [-0.15, -0.1) is 0 Å². The molecule has 2 aliphatic rings. The van der Waals surface area contributed by atoms with E-state index >= 15 is 0 Å². The van der Waals surface area contributed by atoms with Gasteiger partial charge < -0.3 is 15.4 Å². The number of alkyl halides is 2. The van der Waals surface area contributed by atoms with Crippen LogP contribution in [0.25, 0.3) is 0 Å². The van der Waals surface area contributed by atoms with Crippen LogP contribution in [0.15, 0.2) is 36.0 Å². The van der Waals surface area contributed by atoms with E-state index in [1.165, 1.54) is 12.1 Å². The average molecular weight is 336 g/mol. The first-order valence-electron chi connectivity index (χ1n) is 7.63. The molecule has 2 atom stereocenters. The average Bonchev–Trinajstić information content (AvgIpc) is 2.44. The van der Waals surface area contributed by atoms with Gasteiger partial charge in [0.15, 0.2) is 0 Å². The van der Waals surface area contributed by atoms with E-state index in [1.54, 1.807) is 12.1 Å². The van der Waals surface area contributed by atoms with Crippen molar-refractivity contribution in [3.8, 4) is 5.75 Å². The van der Waals surface area contributed by atoms with Crippen molar-refractivity contribution in [3.05, 3.63) is 41.6 Å². The van der Waals surface area contributed by atoms with Crippen LogP contribution < -0.4 is 15.4 Å². The first-order valence-corrected chi connectivity index (χ1v) is 7.63. The molecule has 128 valence electrons. The molecule has 1 aromatic carbocycles. The largest absolute Gasteiger partial charge is 0.435 e. The minimum absolute atomic E-state index is 0.0286. The van der Waals surface area contributed by atoms with Crippen LogP contribution in [-0.2, 0) is 4.79 Å². The lowest BCUT2D eigenvalue weighted by atomic mass is 9.72. The molecule has 2 amide bonds. The number of ether oxygens (including phenoxy) is 1. The molecule has 24 heavy (non-hydrogen) atoms. The summed E-state index contributed by atoms with van der Waals surface area (Å²) in [6, 6.07) is 5.04. The number of carbonyl (C=O) groups excluding carboxylic acids is 2. The van der Waals surface area contributed by atoms with Gasteiger partial charge in [-0.05, 0) is 23.1 Å². The predicted molar refractivity (Wildman–Crippen MR) is 82.5 cm³/mol. The molecule has 2 N–H and O–H groups in total. The van der Waals surface area contributed by atoms with E-state index in [-0.39, 0.29) is 23.0 Å². The van der Waals surface area contributed by atoms with Gasteiger partial charge in [0.1, 0.15) is 11.5 Å². The number of hydrogen-bond acceptors (Lipinski definition) is 3. The summed E-state index contributed by atoms with van der Waals surface area (Å²) in [6.07, 6.45) is 2.29. The minimum atomic E-state index is -2.90. The topological polar surface area (TPSA) is 67.4 Å². The van der Waals surface area contributed by atoms with Gasteiger partial charge in [-0.25, -0.2) is 4.79 Å². The standard InChI is InChI=1S/C17H18F2N2O3/c1-17(2)7-11-13(12(22)8-17)14(21-16(23)20-11)9-3-5-10(6-4-9)24-15(18)19/h3-7,13-15H,8H2,1-2H3,(H2,20,21,23)/t13-,14-/m0/s1. The summed E-state index contributed by atoms with van der Waals surface area (Å²) in [6.45, 7) is 0.979. The Hall–Kier alpha value is -2.44. The Kier molecular flexibility index (Phi) is 4.03. The molecule has 0 unspecified atom stereocenters. The Morgan fingerprint density at radius 3 is 2.50 bits per heavy atom. The monoisotopic (exact) mass is 336 g/mol. The second-order valence-corrected chi connectivity index (χ2v) is 6.73. The number of Topliss-reactive ketones (excluding diaryl/α,β-unsaturated/α-hetero) is 1. The van der Waals surface area contributed by atoms with E-state index in [0.29, 0.717) is 17.7 Å². The van der Waals surface area contributed by atoms with Gasteiger partial charge >= 0.3 is 12.6 Å². The quantitative estimate of drug-likeness (QED) is 0.891. The number of hydrogen-bond donors (Lipinski definition) is 2. The van der Waals surface area contributed by atoms with Crippen LogP contribution in [0.2, 0.25) is 0 Å². The maximum absolute atomic E-state index is 12.6. The number of rotatable bonds is 3. The summed E-state index contributed by atoms with van der Waals surface area (Å²) in [5.41, 5.74) is 0.945. The molecule has 1 heterocycles. The van der Waals surface area contributed by atoms with Gasteiger partial charge in [0.05, 0.1) is 12.0 Å². The molecule has 1 aromatic rings. The highest BCUT2D eigenvalue weighted by Crippen LogP contribution is 2.40. The number of carbonyl (C=O) groups is 2. The number of nitrogens with one attached hydrogen (secondary N) is 2. The molecule has 1 fully saturated rings. The number of halogens is 2. The predicted octanol–water partition coefficient (Wildman–Crippen LogP) is 3.14. The Morgan fingerprint density at radius 1 is 1.21 bits per heavy atom. The van der Waals surface area contributed by atoms with E-state index < -0.39 is 18.6 Å². The molecule has 1 saturated heterocycles. The molecule has 0 aromatic heterocycles. The summed E-state index contributed by atoms with van der Waals surface area (Å²) in [5.74, 6) is -0.443. The number of allylic oxidation sites excluding steroid dienone is 1. The summed E-state index contributed by atoms with van der Waals surface area (Å²) < 4.78 is 28.8. The first-order chi connectivity index (χ1) is 11.2. The third-order valence-electron chi connectivity index (χ3n) is 4.20. The molecule has 1 aliphatic heterocycles. The van der Waals surface area contributed by atoms with Crippen molar-refractivity contribution in [3.63, 3.8) is 0 Å². The Balaban J connectivity index is 1.92. The van der Waals surface area contributed by atoms with E-state index in [2.05, 4.69) is 15.4 Å². The van der Waals surface area contributed by atoms with Gasteiger partial charge in [0.2, 0.25) is 0 Å². The van der Waals surface area contributed by atoms with Gasteiger partial charge in [-0.1, -0.05) is 32.1 Å². The third kappa shape index (κ3) is 3.25. The summed E-state index contributed by atoms with van der Waals surface area (Å²) >= 11 is 0. The highest BCUT2D eigenvalue weighted by Gasteiger charge is 2.43. The van der Waals surface area contributed by atoms with Crippen LogP contribution >= 0.6 is 0 Å². The van der Waals surface area contributed by atoms with Crippen LogP contribution in [0.1, 0.15) is 31.9 Å². The first kappa shape index (κ1) is 16.4. The fourth-order valence-electron chi connectivity index (χ4n) is 3.30. The highest BCUT2D eigenvalue weighted by atomic mass is 19.3. The summed E-state index contributed by atoms with van der Waals surface area (Å²) in [4.78, 5) is 24.5. The lowest BCUT2D eigenvalue weighted by Crippen LogP contribution is -2.53. The zero-order chi connectivity index (χ0) is 17.5. The van der Waals surface area contributed by atoms with E-state index in [9.17, 15) is 18.4 Å². The van der Waals surface area contributed by atoms with Crippen LogP contribution in [0.4, 0.5) is 13.6 Å². The molecule has 7 heteroatoms. The van der Waals surface area contributed by atoms with Gasteiger partial charge in [-0.2, -0.15) is 8.78 Å². The third-order valence-corrected chi connectivity index (χ3v) is 4.20. The maximum Gasteiger partial charge on any atom is 0.387 e. The maximum atomic E-state index is 12.6. The Bertz CT molecular complexity index is 698. The zero-order valence-corrected chi connectivity index (χ0v) is 13.3. The second-order valence-electron chi connectivity index (χ2n) is 6.73. The van der Waals surface area contributed by atoms with Crippen molar-refractivity contribution in [1.82, 2.24) is 10.6 Å². The molecule has 0 radical (unpaired) electrons. The van der Waals surface area contributed by atoms with Crippen molar-refractivity contribution in [2.24, 2.45) is 11.3 Å². The smallest absolute Gasteiger partial charge is 0.387 e. The SMILES string of the molecule is CC1(C)C=C2NC(=O)N[C@@H](c3ccc(OC(F)F)cc3)[C@@H]2C(=O)C1. The van der Waals surface area contributed by atoms with Crippen molar-refractivity contribution in [1.29, 1.82) is 0 Å². The van der Waals surface area contributed by atoms with E-state index in [1.807, 2.05) is 19.9 Å². The Labute approximate surface area is 138 Å². The normalized spacial score (nSPS) is 25.5. The Morgan fingerprint density at radius 2 is 1.88 bits per heavy atom. The van der Waals surface area contributed by atoms with Crippen molar-refractivity contribution < 1.29 is 23.1 Å². The molecule has 0 spiro atoms. The molecular weight excluding hydrogens is 318 g/mol. The number of ketones is 1. The van der Waals surface area contributed by atoms with Gasteiger partial charge in [0, 0.05) is 12.1 Å². The molecule has 1 aliphatic carbocycles. The van der Waals surface area contributed by atoms with Crippen molar-refractivity contribution >= 4 is 11.8 Å². The van der Waals surface area contributed by atoms with Crippen LogP contribution in [0.3, 0.4) is 0 Å². The lowest BCUT2D eigenvalue weighted by molar-refractivity contribution is -0.125. The minimum Gasteiger partial charge on any atom is -0.435 e. The summed E-state index contributed by atoms with van der Waals surface area (Å²) in [7, 11) is 0. The van der Waals surface area contributed by atoms with E-state index in [0.717, 1.165) is 0 Å². The fourth-order valence-corrected chi connectivity index (χ4v) is 3.30. The molecule has 5 nitrogen and oxygen atoms in total. The lowest BCUT2D eigenvalue weighted by Gasteiger charge is -2.40. The van der Waals surface area contributed by atoms with Gasteiger partial charge in [0.25, 0.3) is 0 Å². The highest BCUT2D eigenvalue weighted by molar-refractivity contribution is 5.91. The van der Waals surface area contributed by atoms with Gasteiger partial charge in [-0.3, -0.25) is 4.79 Å². The molecule has 3 rings (SSSR count). The van der Waals surface area contributed by atoms with Crippen LogP contribution in [0, 0.1) is 11.3 Å². The second kappa shape index (κ2) is 5.89. The van der Waals surface area contributed by atoms with Crippen molar-refractivity contribution in [2.45, 2.75) is 32.9 Å². The molecule has 0 bridgehead atoms. The molecular formula is C17H18F2N2O3.